The van der Waals surface area contributed by atoms with E-state index in [9.17, 15) is 9.59 Å². The maximum absolute atomic E-state index is 11.8. The van der Waals surface area contributed by atoms with Crippen molar-refractivity contribution < 1.29 is 14.3 Å². The summed E-state index contributed by atoms with van der Waals surface area (Å²) in [5.41, 5.74) is 5.74. The number of nitrogens with two attached hydrogens (primary N) is 1. The van der Waals surface area contributed by atoms with Crippen molar-refractivity contribution in [3.63, 3.8) is 0 Å². The summed E-state index contributed by atoms with van der Waals surface area (Å²) in [6, 6.07) is 0. The smallest absolute Gasteiger partial charge is 0.305 e. The fourth-order valence-electron chi connectivity index (χ4n) is 3.80. The molecule has 0 saturated carbocycles. The molecule has 9 heteroatoms. The van der Waals surface area contributed by atoms with E-state index in [0.29, 0.717) is 12.1 Å². The van der Waals surface area contributed by atoms with Gasteiger partial charge in [0, 0.05) is 6.42 Å². The van der Waals surface area contributed by atoms with E-state index in [0.717, 1.165) is 12.8 Å². The molecule has 33 heavy (non-hydrogen) atoms. The maximum atomic E-state index is 11.8. The van der Waals surface area contributed by atoms with E-state index in [2.05, 4.69) is 21.9 Å². The Morgan fingerprint density at radius 2 is 1.58 bits per heavy atom. The Labute approximate surface area is 196 Å². The molecule has 3 N–H and O–H groups in total. The Kier molecular flexibility index (Phi) is 13.2. The Bertz CT molecular complexity index is 864. The zero-order chi connectivity index (χ0) is 23.7. The molecule has 0 fully saturated rings. The number of hydrogen-bond donors (Lipinski definition) is 2. The molecule has 0 unspecified atom stereocenters. The van der Waals surface area contributed by atoms with Gasteiger partial charge in [-0.2, -0.15) is 4.98 Å². The monoisotopic (exact) mass is 463 g/mol. The van der Waals surface area contributed by atoms with E-state index < -0.39 is 5.56 Å². The lowest BCUT2D eigenvalue weighted by molar-refractivity contribution is -0.145. The molecule has 2 aromatic heterocycles. The largest absolute Gasteiger partial charge is 0.463 e. The zero-order valence-corrected chi connectivity index (χ0v) is 20.2. The number of imidazole rings is 1. The highest BCUT2D eigenvalue weighted by atomic mass is 16.6. The molecule has 0 radical (unpaired) electrons. The Balaban J connectivity index is 1.40. The summed E-state index contributed by atoms with van der Waals surface area (Å²) in [6.45, 7) is 2.85. The highest BCUT2D eigenvalue weighted by Gasteiger charge is 2.09. The fourth-order valence-corrected chi connectivity index (χ4v) is 3.80. The molecule has 0 aliphatic carbocycles. The standard InChI is InChI=1S/C24H41N5O4/c1-2-3-4-5-6-7-8-9-10-11-12-13-14-15-20(30)33-17-16-32-19-29-18-26-21-22(29)27-24(25)28-23(21)31/h18H,2-17,19H2,1H3,(H3,25,27,28,31). The van der Waals surface area contributed by atoms with E-state index in [1.165, 1.54) is 77.0 Å². The van der Waals surface area contributed by atoms with Crippen molar-refractivity contribution in [1.82, 2.24) is 19.5 Å². The maximum Gasteiger partial charge on any atom is 0.305 e. The first-order chi connectivity index (χ1) is 16.1. The van der Waals surface area contributed by atoms with Crippen LogP contribution in [0.4, 0.5) is 5.95 Å². The van der Waals surface area contributed by atoms with Gasteiger partial charge in [-0.3, -0.25) is 19.1 Å². The average Bonchev–Trinajstić information content (AvgIpc) is 3.19. The van der Waals surface area contributed by atoms with E-state index in [4.69, 9.17) is 15.2 Å². The van der Waals surface area contributed by atoms with Crippen molar-refractivity contribution in [2.45, 2.75) is 104 Å². The number of aromatic nitrogens is 4. The number of esters is 1. The van der Waals surface area contributed by atoms with Crippen molar-refractivity contribution in [3.8, 4) is 0 Å². The molecule has 0 amide bonds. The van der Waals surface area contributed by atoms with Crippen LogP contribution in [0.5, 0.6) is 0 Å². The first kappa shape index (κ1) is 26.8. The van der Waals surface area contributed by atoms with Gasteiger partial charge in [-0.15, -0.1) is 0 Å². The van der Waals surface area contributed by atoms with Gasteiger partial charge in [-0.25, -0.2) is 4.98 Å². The molecule has 2 heterocycles. The molecule has 0 atom stereocenters. The van der Waals surface area contributed by atoms with Crippen LogP contribution in [0.1, 0.15) is 96.8 Å². The number of ether oxygens (including phenoxy) is 2. The van der Waals surface area contributed by atoms with Gasteiger partial charge in [-0.1, -0.05) is 84.0 Å². The normalized spacial score (nSPS) is 11.3. The van der Waals surface area contributed by atoms with E-state index in [1.807, 2.05) is 0 Å². The number of H-pyrrole nitrogens is 1. The molecule has 0 aliphatic heterocycles. The molecular weight excluding hydrogens is 422 g/mol. The predicted molar refractivity (Wildman–Crippen MR) is 130 cm³/mol. The van der Waals surface area contributed by atoms with Gasteiger partial charge in [0.1, 0.15) is 13.3 Å². The number of carbonyl (C=O) groups is 1. The van der Waals surface area contributed by atoms with Crippen molar-refractivity contribution in [2.75, 3.05) is 18.9 Å². The van der Waals surface area contributed by atoms with Crippen LogP contribution in [-0.4, -0.2) is 38.7 Å². The summed E-state index contributed by atoms with van der Waals surface area (Å²) in [6.07, 6.45) is 18.6. The van der Waals surface area contributed by atoms with Gasteiger partial charge in [-0.05, 0) is 6.42 Å². The van der Waals surface area contributed by atoms with Crippen LogP contribution >= 0.6 is 0 Å². The second-order valence-electron chi connectivity index (χ2n) is 8.59. The molecule has 2 aromatic rings. The summed E-state index contributed by atoms with van der Waals surface area (Å²) >= 11 is 0. The number of carbonyl (C=O) groups excluding carboxylic acids is 1. The highest BCUT2D eigenvalue weighted by molar-refractivity contribution is 5.70. The van der Waals surface area contributed by atoms with Crippen LogP contribution in [0.15, 0.2) is 11.1 Å². The third-order valence-corrected chi connectivity index (χ3v) is 5.70. The van der Waals surface area contributed by atoms with Crippen LogP contribution in [0.25, 0.3) is 11.2 Å². The van der Waals surface area contributed by atoms with Gasteiger partial charge in [0.2, 0.25) is 5.95 Å². The molecular formula is C24H41N5O4. The van der Waals surface area contributed by atoms with Crippen LogP contribution in [0.2, 0.25) is 0 Å². The van der Waals surface area contributed by atoms with Crippen LogP contribution < -0.4 is 11.3 Å². The Morgan fingerprint density at radius 3 is 2.21 bits per heavy atom. The number of unbranched alkanes of at least 4 members (excludes halogenated alkanes) is 12. The van der Waals surface area contributed by atoms with E-state index >= 15 is 0 Å². The van der Waals surface area contributed by atoms with Crippen LogP contribution in [-0.2, 0) is 21.0 Å². The number of hydrogen-bond acceptors (Lipinski definition) is 7. The third kappa shape index (κ3) is 10.8. The lowest BCUT2D eigenvalue weighted by atomic mass is 10.0. The minimum Gasteiger partial charge on any atom is -0.463 e. The molecule has 186 valence electrons. The molecule has 0 aromatic carbocycles. The summed E-state index contributed by atoms with van der Waals surface area (Å²) in [5.74, 6) is -0.160. The number of rotatable bonds is 19. The van der Waals surface area contributed by atoms with E-state index in [1.54, 1.807) is 4.57 Å². The van der Waals surface area contributed by atoms with Gasteiger partial charge >= 0.3 is 5.97 Å². The predicted octanol–water partition coefficient (Wildman–Crippen LogP) is 4.70. The number of aromatic amines is 1. The minimum atomic E-state index is -0.390. The highest BCUT2D eigenvalue weighted by Crippen LogP contribution is 2.13. The molecule has 0 bridgehead atoms. The average molecular weight is 464 g/mol. The Hall–Kier alpha value is -2.42. The SMILES string of the molecule is CCCCCCCCCCCCCCCC(=O)OCCOCn1cnc2c(=O)[nH]c(N)nc21. The van der Waals surface area contributed by atoms with Crippen molar-refractivity contribution in [3.05, 3.63) is 16.7 Å². The van der Waals surface area contributed by atoms with Gasteiger partial charge in [0.05, 0.1) is 12.9 Å². The number of fused-ring (bicyclic) bond motifs is 1. The minimum absolute atomic E-state index is 0.0244. The van der Waals surface area contributed by atoms with Gasteiger partial charge in [0.15, 0.2) is 11.2 Å². The van der Waals surface area contributed by atoms with Gasteiger partial charge < -0.3 is 15.2 Å². The fraction of sp³-hybridized carbons (Fsp3) is 0.750. The number of anilines is 1. The molecule has 9 nitrogen and oxygen atoms in total. The van der Waals surface area contributed by atoms with Crippen LogP contribution in [0.3, 0.4) is 0 Å². The molecule has 0 saturated heterocycles. The van der Waals surface area contributed by atoms with Crippen molar-refractivity contribution in [1.29, 1.82) is 0 Å². The summed E-state index contributed by atoms with van der Waals surface area (Å²) in [5, 5.41) is 0. The second-order valence-corrected chi connectivity index (χ2v) is 8.59. The molecule has 0 spiro atoms. The van der Waals surface area contributed by atoms with E-state index in [-0.39, 0.29) is 37.4 Å². The first-order valence-corrected chi connectivity index (χ1v) is 12.6. The molecule has 0 aliphatic rings. The summed E-state index contributed by atoms with van der Waals surface area (Å²) in [7, 11) is 0. The quantitative estimate of drug-likeness (QED) is 0.228. The lowest BCUT2D eigenvalue weighted by Crippen LogP contribution is -2.14. The third-order valence-electron chi connectivity index (χ3n) is 5.70. The Morgan fingerprint density at radius 1 is 0.970 bits per heavy atom. The van der Waals surface area contributed by atoms with Crippen molar-refractivity contribution in [2.24, 2.45) is 0 Å². The number of nitrogen functional groups attached to an aromatic ring is 1. The van der Waals surface area contributed by atoms with Crippen LogP contribution in [0, 0.1) is 0 Å². The summed E-state index contributed by atoms with van der Waals surface area (Å²) in [4.78, 5) is 34.1. The molecule has 2 rings (SSSR count). The van der Waals surface area contributed by atoms with Crippen molar-refractivity contribution >= 4 is 23.1 Å². The number of nitrogens with zero attached hydrogens (tertiary/aromatic N) is 3. The number of nitrogens with one attached hydrogen (secondary N) is 1. The topological polar surface area (TPSA) is 125 Å². The zero-order valence-electron chi connectivity index (χ0n) is 20.2. The van der Waals surface area contributed by atoms with Gasteiger partial charge in [0.25, 0.3) is 5.56 Å². The second kappa shape index (κ2) is 16.2. The first-order valence-electron chi connectivity index (χ1n) is 12.6. The summed E-state index contributed by atoms with van der Waals surface area (Å²) < 4.78 is 12.3. The lowest BCUT2D eigenvalue weighted by Gasteiger charge is -2.07.